The molecule has 2 heterocycles. The number of hydrogen-bond donors (Lipinski definition) is 0. The first-order valence-corrected chi connectivity index (χ1v) is 30.6. The van der Waals surface area contributed by atoms with Gasteiger partial charge in [-0.2, -0.15) is 0 Å². The topological polar surface area (TPSA) is 6.48 Å². The molecule has 0 N–H and O–H groups in total. The summed E-state index contributed by atoms with van der Waals surface area (Å²) in [5, 5.41) is 0. The van der Waals surface area contributed by atoms with Gasteiger partial charge in [0.15, 0.2) is 0 Å². The number of nitrogens with zero attached hydrogens (tertiary/aromatic N) is 2. The molecule has 0 spiro atoms. The highest BCUT2D eigenvalue weighted by Gasteiger charge is 2.48. The molecule has 0 saturated heterocycles. The second-order valence-corrected chi connectivity index (χ2v) is 28.9. The third-order valence-electron chi connectivity index (χ3n) is 20.8. The van der Waals surface area contributed by atoms with Crippen LogP contribution in [0.4, 0.5) is 34.1 Å². The molecule has 0 fully saturated rings. The van der Waals surface area contributed by atoms with Crippen LogP contribution >= 0.6 is 0 Å². The van der Waals surface area contributed by atoms with Gasteiger partial charge in [0.1, 0.15) is 0 Å². The van der Waals surface area contributed by atoms with Crippen molar-refractivity contribution in [3.63, 3.8) is 0 Å². The van der Waals surface area contributed by atoms with Gasteiger partial charge in [-0.25, -0.2) is 0 Å². The summed E-state index contributed by atoms with van der Waals surface area (Å²) in [7, 11) is 0. The van der Waals surface area contributed by atoms with E-state index in [9.17, 15) is 0 Å². The highest BCUT2D eigenvalue weighted by atomic mass is 15.2. The molecule has 2 nitrogen and oxygen atoms in total. The molecule has 0 saturated carbocycles. The van der Waals surface area contributed by atoms with Gasteiger partial charge < -0.3 is 9.80 Å². The molecule has 0 aromatic heterocycles. The summed E-state index contributed by atoms with van der Waals surface area (Å²) in [6.07, 6.45) is 4.66. The maximum atomic E-state index is 2.74. The molecule has 3 heteroatoms. The predicted molar refractivity (Wildman–Crippen MR) is 353 cm³/mol. The fourth-order valence-corrected chi connectivity index (χ4v) is 15.0. The Kier molecular flexibility index (Phi) is 12.6. The van der Waals surface area contributed by atoms with Gasteiger partial charge in [-0.15, -0.1) is 0 Å². The summed E-state index contributed by atoms with van der Waals surface area (Å²) in [6, 6.07) is 75.6. The van der Waals surface area contributed by atoms with E-state index in [1.807, 2.05) is 0 Å². The van der Waals surface area contributed by atoms with Crippen molar-refractivity contribution in [1.29, 1.82) is 0 Å². The van der Waals surface area contributed by atoms with Gasteiger partial charge >= 0.3 is 0 Å². The molecule has 0 amide bonds. The summed E-state index contributed by atoms with van der Waals surface area (Å²) in [4.78, 5) is 5.46. The van der Waals surface area contributed by atoms with E-state index in [2.05, 4.69) is 301 Å². The van der Waals surface area contributed by atoms with Gasteiger partial charge in [-0.05, 0) is 185 Å². The van der Waals surface area contributed by atoms with Gasteiger partial charge in [0.05, 0.1) is 5.69 Å². The summed E-state index contributed by atoms with van der Waals surface area (Å²) >= 11 is 0. The van der Waals surface area contributed by atoms with E-state index in [0.29, 0.717) is 0 Å². The lowest BCUT2D eigenvalue weighted by Gasteiger charge is -2.48. The molecule has 2 aliphatic carbocycles. The molecule has 9 aromatic carbocycles. The number of rotatable bonds is 9. The van der Waals surface area contributed by atoms with E-state index >= 15 is 0 Å². The number of benzene rings is 9. The third-order valence-corrected chi connectivity index (χ3v) is 20.8. The first-order valence-electron chi connectivity index (χ1n) is 30.6. The lowest BCUT2D eigenvalue weighted by Crippen LogP contribution is -2.62. The van der Waals surface area contributed by atoms with E-state index in [4.69, 9.17) is 0 Å². The van der Waals surface area contributed by atoms with Gasteiger partial charge in [-0.3, -0.25) is 0 Å². The maximum absolute atomic E-state index is 2.74. The molecule has 0 atom stereocenters. The molecule has 0 radical (unpaired) electrons. The van der Waals surface area contributed by atoms with Crippen LogP contribution in [-0.4, -0.2) is 6.71 Å². The average Bonchev–Trinajstić information content (AvgIpc) is 0.870. The fraction of sp³-hybridized carbons (Fsp3) is 0.316. The van der Waals surface area contributed by atoms with Crippen LogP contribution in [0.25, 0.3) is 22.3 Å². The van der Waals surface area contributed by atoms with Crippen molar-refractivity contribution in [3.05, 3.63) is 244 Å². The number of fused-ring (bicyclic) bond motifs is 6. The van der Waals surface area contributed by atoms with Crippen molar-refractivity contribution in [2.45, 2.75) is 161 Å². The van der Waals surface area contributed by atoms with Crippen LogP contribution in [0.3, 0.4) is 0 Å². The Morgan fingerprint density at radius 3 is 1.43 bits per heavy atom. The molecule has 2 aliphatic heterocycles. The van der Waals surface area contributed by atoms with Crippen LogP contribution in [0.2, 0.25) is 0 Å². The molecule has 9 aromatic rings. The second kappa shape index (κ2) is 19.1. The predicted octanol–water partition coefficient (Wildman–Crippen LogP) is 19.6. The van der Waals surface area contributed by atoms with Crippen LogP contribution in [-0.2, 0) is 32.5 Å². The maximum Gasteiger partial charge on any atom is 0.252 e. The Labute approximate surface area is 491 Å². The minimum absolute atomic E-state index is 0.0141. The van der Waals surface area contributed by atoms with E-state index in [1.54, 1.807) is 0 Å². The molecule has 0 unspecified atom stereocenters. The Morgan fingerprint density at radius 1 is 0.366 bits per heavy atom. The van der Waals surface area contributed by atoms with Gasteiger partial charge in [0.25, 0.3) is 6.71 Å². The second-order valence-electron chi connectivity index (χ2n) is 28.9. The first kappa shape index (κ1) is 53.9. The molecule has 4 aliphatic rings. The van der Waals surface area contributed by atoms with Gasteiger partial charge in [0, 0.05) is 44.8 Å². The van der Waals surface area contributed by atoms with E-state index < -0.39 is 0 Å². The van der Waals surface area contributed by atoms with Crippen LogP contribution in [0.15, 0.2) is 194 Å². The quantitative estimate of drug-likeness (QED) is 0.133. The molecule has 412 valence electrons. The van der Waals surface area contributed by atoms with E-state index in [1.165, 1.54) is 129 Å². The molecule has 0 bridgehead atoms. The first-order chi connectivity index (χ1) is 39.0. The molecule has 13 rings (SSSR count). The lowest BCUT2D eigenvalue weighted by atomic mass is 9.33. The Morgan fingerprint density at radius 2 is 0.841 bits per heavy atom. The average molecular weight is 1070 g/mol. The summed E-state index contributed by atoms with van der Waals surface area (Å²) in [5.41, 5.74) is 28.6. The van der Waals surface area contributed by atoms with Crippen molar-refractivity contribution in [3.8, 4) is 22.3 Å². The molecular formula is C79H83BN2. The minimum atomic E-state index is -0.287. The van der Waals surface area contributed by atoms with E-state index in [-0.39, 0.29) is 45.1 Å². The zero-order chi connectivity index (χ0) is 57.5. The normalized spacial score (nSPS) is 17.1. The van der Waals surface area contributed by atoms with Crippen LogP contribution < -0.4 is 26.2 Å². The van der Waals surface area contributed by atoms with Crippen LogP contribution in [0.1, 0.15) is 179 Å². The van der Waals surface area contributed by atoms with Gasteiger partial charge in [-0.1, -0.05) is 243 Å². The summed E-state index contributed by atoms with van der Waals surface area (Å²) in [6.45, 7) is 34.2. The Hall–Kier alpha value is -7.36. The van der Waals surface area contributed by atoms with Crippen molar-refractivity contribution >= 4 is 57.2 Å². The Bertz CT molecular complexity index is 3970. The third kappa shape index (κ3) is 8.57. The summed E-state index contributed by atoms with van der Waals surface area (Å²) in [5.74, 6) is 0.258. The highest BCUT2D eigenvalue weighted by molar-refractivity contribution is 7.00. The zero-order valence-electron chi connectivity index (χ0n) is 51.4. The number of hydrogen-bond acceptors (Lipinski definition) is 2. The SMILES string of the molecule is CC(C)c1cc2c3c(c1)N(c1ccc(C(C)(C)c4ccccc4)cc1-c1ccccc1-c1ccccc1)c1cc(C(C)(C)c4ccccc4)ccc1B3c1cc3c(cc1N2c1ccc2c(c1)C(C)(C)CCC2(C)C)C(C)(C)CCC3(C)C. The van der Waals surface area contributed by atoms with Crippen molar-refractivity contribution in [2.24, 2.45) is 0 Å². The van der Waals surface area contributed by atoms with Crippen LogP contribution in [0, 0.1) is 0 Å². The zero-order valence-corrected chi connectivity index (χ0v) is 51.4. The van der Waals surface area contributed by atoms with Gasteiger partial charge in [0.2, 0.25) is 0 Å². The van der Waals surface area contributed by atoms with Crippen molar-refractivity contribution in [2.75, 3.05) is 9.80 Å². The van der Waals surface area contributed by atoms with Crippen molar-refractivity contribution < 1.29 is 0 Å². The minimum Gasteiger partial charge on any atom is -0.311 e. The lowest BCUT2D eigenvalue weighted by molar-refractivity contribution is 0.332. The largest absolute Gasteiger partial charge is 0.311 e. The molecule has 82 heavy (non-hydrogen) atoms. The highest BCUT2D eigenvalue weighted by Crippen LogP contribution is 2.55. The summed E-state index contributed by atoms with van der Waals surface area (Å²) < 4.78 is 0. The fourth-order valence-electron chi connectivity index (χ4n) is 15.0. The Balaban J connectivity index is 1.17. The van der Waals surface area contributed by atoms with Crippen molar-refractivity contribution in [1.82, 2.24) is 0 Å². The van der Waals surface area contributed by atoms with Crippen LogP contribution in [0.5, 0.6) is 0 Å². The standard InChI is InChI=1S/C79H83BN2/c1-51(2)53-44-71-73-72(45-53)82(68-39-35-56(78(11,12)54-28-20-16-21-29-54)46-61(68)60-33-25-24-32-59(60)52-26-18-15-19-27-52)69-47-57(79(13,14)55-30-22-17-23-31-55)34-38-66(69)80(73)67-49-64-65(77(9,10)43-42-76(64,7)8)50-70(67)81(71)58-36-37-62-63(48-58)75(5,6)41-40-74(62,3)4/h15-39,44-51H,40-43H2,1-14H3. The molecular weight excluding hydrogens is 988 g/mol. The number of anilines is 6. The monoisotopic (exact) mass is 1070 g/mol. The van der Waals surface area contributed by atoms with E-state index in [0.717, 1.165) is 19.3 Å². The smallest absolute Gasteiger partial charge is 0.252 e.